The van der Waals surface area contributed by atoms with Crippen molar-refractivity contribution in [3.05, 3.63) is 52.8 Å². The van der Waals surface area contributed by atoms with Gasteiger partial charge in [0.15, 0.2) is 5.78 Å². The lowest BCUT2D eigenvalue weighted by atomic mass is 9.86. The first-order chi connectivity index (χ1) is 12.6. The van der Waals surface area contributed by atoms with E-state index < -0.39 is 0 Å². The van der Waals surface area contributed by atoms with Crippen LogP contribution in [0.15, 0.2) is 30.3 Å². The van der Waals surface area contributed by atoms with E-state index in [1.54, 1.807) is 0 Å². The van der Waals surface area contributed by atoms with E-state index in [4.69, 9.17) is 4.98 Å². The number of Topliss-reactive ketones (excluding diaryl/α,β-unsaturated/α-hetero) is 1. The van der Waals surface area contributed by atoms with Crippen molar-refractivity contribution in [3.63, 3.8) is 0 Å². The van der Waals surface area contributed by atoms with Crippen molar-refractivity contribution >= 4 is 11.7 Å². The summed E-state index contributed by atoms with van der Waals surface area (Å²) in [5.74, 6) is 2.15. The molecule has 0 N–H and O–H groups in total. The summed E-state index contributed by atoms with van der Waals surface area (Å²) < 4.78 is 0. The predicted molar refractivity (Wildman–Crippen MR) is 104 cm³/mol. The van der Waals surface area contributed by atoms with Crippen molar-refractivity contribution in [1.29, 1.82) is 0 Å². The average molecular weight is 349 g/mol. The summed E-state index contributed by atoms with van der Waals surface area (Å²) >= 11 is 0. The van der Waals surface area contributed by atoms with Crippen LogP contribution in [0.4, 0.5) is 5.95 Å². The second-order valence-electron chi connectivity index (χ2n) is 7.99. The van der Waals surface area contributed by atoms with Gasteiger partial charge in [0.25, 0.3) is 0 Å². The number of anilines is 1. The van der Waals surface area contributed by atoms with E-state index in [1.807, 2.05) is 6.92 Å². The zero-order valence-electron chi connectivity index (χ0n) is 15.7. The van der Waals surface area contributed by atoms with E-state index in [1.165, 1.54) is 18.4 Å². The Labute approximate surface area is 155 Å². The number of hydrogen-bond acceptors (Lipinski definition) is 4. The minimum atomic E-state index is 0.212. The Bertz CT molecular complexity index is 795. The van der Waals surface area contributed by atoms with E-state index in [0.717, 1.165) is 54.7 Å². The van der Waals surface area contributed by atoms with Crippen LogP contribution in [-0.4, -0.2) is 28.8 Å². The predicted octanol–water partition coefficient (Wildman–Crippen LogP) is 4.01. The first-order valence-corrected chi connectivity index (χ1v) is 9.79. The monoisotopic (exact) mass is 349 g/mol. The van der Waals surface area contributed by atoms with Crippen LogP contribution in [0, 0.1) is 18.8 Å². The number of piperidine rings is 1. The van der Waals surface area contributed by atoms with Gasteiger partial charge in [-0.25, -0.2) is 9.97 Å². The van der Waals surface area contributed by atoms with Crippen LogP contribution in [0.3, 0.4) is 0 Å². The van der Waals surface area contributed by atoms with Gasteiger partial charge in [-0.1, -0.05) is 37.3 Å². The van der Waals surface area contributed by atoms with Crippen molar-refractivity contribution in [2.24, 2.45) is 11.8 Å². The molecular formula is C22H27N3O. The SMILES string of the molecule is Cc1nc(N2CCC(Cc3ccccc3)CC2)nc2c1C(=O)C[C@H](C)C2. The Morgan fingerprint density at radius 3 is 2.54 bits per heavy atom. The molecule has 4 nitrogen and oxygen atoms in total. The molecule has 0 radical (unpaired) electrons. The molecule has 0 saturated carbocycles. The van der Waals surface area contributed by atoms with Gasteiger partial charge in [0, 0.05) is 19.5 Å². The summed E-state index contributed by atoms with van der Waals surface area (Å²) in [5, 5.41) is 0. The molecule has 0 bridgehead atoms. The number of nitrogens with zero attached hydrogens (tertiary/aromatic N) is 3. The maximum Gasteiger partial charge on any atom is 0.225 e. The molecule has 136 valence electrons. The molecule has 4 rings (SSSR count). The summed E-state index contributed by atoms with van der Waals surface area (Å²) in [6.45, 7) is 6.09. The van der Waals surface area contributed by atoms with Gasteiger partial charge in [-0.3, -0.25) is 4.79 Å². The summed E-state index contributed by atoms with van der Waals surface area (Å²) in [4.78, 5) is 24.1. The summed E-state index contributed by atoms with van der Waals surface area (Å²) in [6, 6.07) is 10.8. The fourth-order valence-corrected chi connectivity index (χ4v) is 4.37. The Balaban J connectivity index is 1.45. The van der Waals surface area contributed by atoms with Crippen molar-refractivity contribution in [1.82, 2.24) is 9.97 Å². The third-order valence-electron chi connectivity index (χ3n) is 5.77. The third kappa shape index (κ3) is 3.50. The molecule has 4 heteroatoms. The van der Waals surface area contributed by atoms with Crippen LogP contribution in [0.2, 0.25) is 0 Å². The number of aromatic nitrogens is 2. The highest BCUT2D eigenvalue weighted by Gasteiger charge is 2.28. The Morgan fingerprint density at radius 2 is 1.81 bits per heavy atom. The van der Waals surface area contributed by atoms with E-state index >= 15 is 0 Å². The molecule has 1 aromatic carbocycles. The topological polar surface area (TPSA) is 46.1 Å². The highest BCUT2D eigenvalue weighted by Crippen LogP contribution is 2.29. The lowest BCUT2D eigenvalue weighted by molar-refractivity contribution is 0.0951. The molecule has 0 amide bonds. The van der Waals surface area contributed by atoms with Crippen LogP contribution >= 0.6 is 0 Å². The summed E-state index contributed by atoms with van der Waals surface area (Å²) in [6.07, 6.45) is 5.02. The second kappa shape index (κ2) is 7.18. The number of hydrogen-bond donors (Lipinski definition) is 0. The minimum Gasteiger partial charge on any atom is -0.341 e. The average Bonchev–Trinajstić information content (AvgIpc) is 2.62. The van der Waals surface area contributed by atoms with Gasteiger partial charge in [-0.15, -0.1) is 0 Å². The summed E-state index contributed by atoms with van der Waals surface area (Å²) in [5.41, 5.74) is 4.03. The molecule has 1 atom stereocenters. The molecular weight excluding hydrogens is 322 g/mol. The van der Waals surface area contributed by atoms with Gasteiger partial charge in [0.2, 0.25) is 5.95 Å². The van der Waals surface area contributed by atoms with Gasteiger partial charge in [0.1, 0.15) is 0 Å². The van der Waals surface area contributed by atoms with Crippen LogP contribution in [0.25, 0.3) is 0 Å². The highest BCUT2D eigenvalue weighted by atomic mass is 16.1. The fraction of sp³-hybridized carbons (Fsp3) is 0.500. The number of carbonyl (C=O) groups is 1. The quantitative estimate of drug-likeness (QED) is 0.840. The minimum absolute atomic E-state index is 0.212. The molecule has 1 aliphatic carbocycles. The van der Waals surface area contributed by atoms with Gasteiger partial charge >= 0.3 is 0 Å². The van der Waals surface area contributed by atoms with E-state index in [-0.39, 0.29) is 5.78 Å². The molecule has 26 heavy (non-hydrogen) atoms. The van der Waals surface area contributed by atoms with Crippen LogP contribution in [-0.2, 0) is 12.8 Å². The number of fused-ring (bicyclic) bond motifs is 1. The third-order valence-corrected chi connectivity index (χ3v) is 5.77. The van der Waals surface area contributed by atoms with Crippen LogP contribution < -0.4 is 4.90 Å². The molecule has 1 aromatic heterocycles. The molecule has 0 spiro atoms. The van der Waals surface area contributed by atoms with Crippen LogP contribution in [0.1, 0.15) is 53.5 Å². The Kier molecular flexibility index (Phi) is 4.75. The molecule has 0 unspecified atom stereocenters. The number of benzene rings is 1. The number of carbonyl (C=O) groups excluding carboxylic acids is 1. The lowest BCUT2D eigenvalue weighted by Gasteiger charge is -2.33. The molecule has 1 aliphatic heterocycles. The Hall–Kier alpha value is -2.23. The standard InChI is InChI=1S/C22H27N3O/c1-15-12-19-21(20(26)13-15)16(2)23-22(24-19)25-10-8-18(9-11-25)14-17-6-4-3-5-7-17/h3-7,15,18H,8-14H2,1-2H3/t15-/m1/s1. The van der Waals surface area contributed by atoms with E-state index in [0.29, 0.717) is 12.3 Å². The van der Waals surface area contributed by atoms with E-state index in [2.05, 4.69) is 47.1 Å². The smallest absolute Gasteiger partial charge is 0.225 e. The van der Waals surface area contributed by atoms with Gasteiger partial charge < -0.3 is 4.90 Å². The van der Waals surface area contributed by atoms with E-state index in [9.17, 15) is 4.79 Å². The summed E-state index contributed by atoms with van der Waals surface area (Å²) in [7, 11) is 0. The molecule has 2 heterocycles. The first-order valence-electron chi connectivity index (χ1n) is 9.79. The maximum absolute atomic E-state index is 12.3. The van der Waals surface area contributed by atoms with Crippen molar-refractivity contribution in [3.8, 4) is 0 Å². The largest absolute Gasteiger partial charge is 0.341 e. The zero-order valence-corrected chi connectivity index (χ0v) is 15.7. The van der Waals surface area contributed by atoms with Gasteiger partial charge in [-0.2, -0.15) is 0 Å². The van der Waals surface area contributed by atoms with Gasteiger partial charge in [0.05, 0.1) is 17.0 Å². The van der Waals surface area contributed by atoms with Crippen molar-refractivity contribution < 1.29 is 4.79 Å². The molecule has 2 aliphatic rings. The maximum atomic E-state index is 12.3. The normalized spacial score (nSPS) is 20.9. The number of ketones is 1. The molecule has 1 saturated heterocycles. The number of rotatable bonds is 3. The van der Waals surface area contributed by atoms with Crippen molar-refractivity contribution in [2.75, 3.05) is 18.0 Å². The zero-order chi connectivity index (χ0) is 18.1. The van der Waals surface area contributed by atoms with Crippen molar-refractivity contribution in [2.45, 2.75) is 46.0 Å². The second-order valence-corrected chi connectivity index (χ2v) is 7.99. The van der Waals surface area contributed by atoms with Gasteiger partial charge in [-0.05, 0) is 50.0 Å². The first kappa shape index (κ1) is 17.2. The van der Waals surface area contributed by atoms with Crippen LogP contribution in [0.5, 0.6) is 0 Å². The molecule has 1 fully saturated rings. The molecule has 2 aromatic rings. The highest BCUT2D eigenvalue weighted by molar-refractivity contribution is 5.99. The fourth-order valence-electron chi connectivity index (χ4n) is 4.37. The number of aryl methyl sites for hydroxylation is 1. The lowest BCUT2D eigenvalue weighted by Crippen LogP contribution is -2.36. The Morgan fingerprint density at radius 1 is 1.08 bits per heavy atom.